The molecule has 1 aliphatic rings. The third-order valence-electron chi connectivity index (χ3n) is 2.99. The molecule has 0 bridgehead atoms. The minimum atomic E-state index is -0.572. The molecule has 0 spiro atoms. The van der Waals surface area contributed by atoms with Gasteiger partial charge in [-0.25, -0.2) is 0 Å². The molecule has 1 unspecified atom stereocenters. The molecule has 20 heavy (non-hydrogen) atoms. The van der Waals surface area contributed by atoms with Crippen LogP contribution in [0.5, 0.6) is 5.75 Å². The van der Waals surface area contributed by atoms with Crippen LogP contribution in [0, 0.1) is 10.1 Å². The number of nitrogens with zero attached hydrogens (tertiary/aromatic N) is 2. The summed E-state index contributed by atoms with van der Waals surface area (Å²) in [5.74, 6) is 0.764. The number of phenolic OH excluding ortho intramolecular Hbond substituents is 1. The first-order valence-corrected chi connectivity index (χ1v) is 7.43. The summed E-state index contributed by atoms with van der Waals surface area (Å²) in [6.45, 7) is 2.71. The van der Waals surface area contributed by atoms with Gasteiger partial charge in [0.25, 0.3) is 0 Å². The van der Waals surface area contributed by atoms with Gasteiger partial charge in [-0.3, -0.25) is 15.1 Å². The summed E-state index contributed by atoms with van der Waals surface area (Å²) < 4.78 is 0. The van der Waals surface area contributed by atoms with Crippen LogP contribution in [0.15, 0.2) is 35.3 Å². The smallest absolute Gasteiger partial charge is 0.310 e. The maximum Gasteiger partial charge on any atom is 0.310 e. The first-order valence-electron chi connectivity index (χ1n) is 6.44. The van der Waals surface area contributed by atoms with Crippen LogP contribution in [0.1, 0.15) is 24.8 Å². The summed E-state index contributed by atoms with van der Waals surface area (Å²) in [5, 5.41) is 21.3. The Hall–Kier alpha value is -1.82. The molecule has 5 nitrogen and oxygen atoms in total. The zero-order chi connectivity index (χ0) is 14.5. The highest BCUT2D eigenvalue weighted by atomic mass is 32.2. The van der Waals surface area contributed by atoms with Crippen molar-refractivity contribution < 1.29 is 10.0 Å². The molecule has 2 rings (SSSR count). The Bertz CT molecular complexity index is 570. The lowest BCUT2D eigenvalue weighted by Gasteiger charge is -2.15. The Labute approximate surface area is 121 Å². The van der Waals surface area contributed by atoms with Gasteiger partial charge >= 0.3 is 5.69 Å². The second-order valence-corrected chi connectivity index (χ2v) is 5.61. The molecule has 0 amide bonds. The Morgan fingerprint density at radius 1 is 1.55 bits per heavy atom. The van der Waals surface area contributed by atoms with Gasteiger partial charge in [-0.1, -0.05) is 19.1 Å². The van der Waals surface area contributed by atoms with Crippen molar-refractivity contribution in [2.75, 3.05) is 12.3 Å². The minimum Gasteiger partial charge on any atom is -0.502 e. The fourth-order valence-corrected chi connectivity index (χ4v) is 2.69. The van der Waals surface area contributed by atoms with Crippen LogP contribution in [-0.4, -0.2) is 27.4 Å². The number of nitro benzene ring substituents is 1. The van der Waals surface area contributed by atoms with Crippen molar-refractivity contribution in [2.24, 2.45) is 4.99 Å². The number of hydrogen-bond acceptors (Lipinski definition) is 5. The lowest BCUT2D eigenvalue weighted by molar-refractivity contribution is -0.385. The van der Waals surface area contributed by atoms with Gasteiger partial charge in [0, 0.05) is 12.0 Å². The molecular formula is C14H16N2O3S. The average Bonchev–Trinajstić information content (AvgIpc) is 2.46. The van der Waals surface area contributed by atoms with Gasteiger partial charge in [-0.2, -0.15) is 0 Å². The van der Waals surface area contributed by atoms with Gasteiger partial charge in [0.15, 0.2) is 5.75 Å². The van der Waals surface area contributed by atoms with E-state index in [4.69, 9.17) is 0 Å². The predicted molar refractivity (Wildman–Crippen MR) is 81.7 cm³/mol. The van der Waals surface area contributed by atoms with Gasteiger partial charge < -0.3 is 5.11 Å². The van der Waals surface area contributed by atoms with Crippen LogP contribution in [0.4, 0.5) is 5.69 Å². The summed E-state index contributed by atoms with van der Waals surface area (Å²) in [6, 6.07) is 4.49. The number of aromatic hydroxyl groups is 1. The number of benzene rings is 1. The predicted octanol–water partition coefficient (Wildman–Crippen LogP) is 3.50. The van der Waals surface area contributed by atoms with Crippen molar-refractivity contribution >= 4 is 22.5 Å². The summed E-state index contributed by atoms with van der Waals surface area (Å²) in [5.41, 5.74) is 0.542. The maximum atomic E-state index is 10.8. The van der Waals surface area contributed by atoms with E-state index in [2.05, 4.69) is 11.9 Å². The quantitative estimate of drug-likeness (QED) is 0.680. The summed E-state index contributed by atoms with van der Waals surface area (Å²) >= 11 is 1.72. The van der Waals surface area contributed by atoms with Crippen molar-refractivity contribution in [3.63, 3.8) is 0 Å². The standard InChI is InChI=1S/C14H16N2O3S/c1-2-7-20-14-6-4-11(9-15-14)10-3-5-13(17)12(8-10)16(18)19/h3-6,8,11,17H,2,7,9H2,1H3. The molecule has 1 N–H and O–H groups in total. The van der Waals surface area contributed by atoms with Crippen LogP contribution in [-0.2, 0) is 0 Å². The molecule has 0 aromatic heterocycles. The number of thioether (sulfide) groups is 1. The number of dihydropyridines is 1. The third kappa shape index (κ3) is 3.39. The number of phenols is 1. The van der Waals surface area contributed by atoms with Crippen LogP contribution in [0.3, 0.4) is 0 Å². The highest BCUT2D eigenvalue weighted by Gasteiger charge is 2.18. The largest absolute Gasteiger partial charge is 0.502 e. The minimum absolute atomic E-state index is 0.0280. The van der Waals surface area contributed by atoms with Gasteiger partial charge in [0.1, 0.15) is 0 Å². The van der Waals surface area contributed by atoms with Crippen molar-refractivity contribution in [3.05, 3.63) is 46.0 Å². The molecule has 1 heterocycles. The second-order valence-electron chi connectivity index (χ2n) is 4.50. The normalized spacial score (nSPS) is 17.9. The molecular weight excluding hydrogens is 276 g/mol. The molecule has 1 aliphatic heterocycles. The van der Waals surface area contributed by atoms with E-state index in [1.54, 1.807) is 17.8 Å². The third-order valence-corrected chi connectivity index (χ3v) is 4.17. The molecule has 0 saturated heterocycles. The molecule has 0 radical (unpaired) electrons. The van der Waals surface area contributed by atoms with Gasteiger partial charge in [0.2, 0.25) is 0 Å². The summed E-state index contributed by atoms with van der Waals surface area (Å²) in [6.07, 6.45) is 5.08. The molecule has 0 aliphatic carbocycles. The van der Waals surface area contributed by atoms with Gasteiger partial charge in [-0.15, -0.1) is 11.8 Å². The lowest BCUT2D eigenvalue weighted by Crippen LogP contribution is -2.07. The van der Waals surface area contributed by atoms with Crippen LogP contribution >= 0.6 is 11.8 Å². The zero-order valence-electron chi connectivity index (χ0n) is 11.2. The molecule has 1 aromatic carbocycles. The van der Waals surface area contributed by atoms with Gasteiger partial charge in [0.05, 0.1) is 16.5 Å². The van der Waals surface area contributed by atoms with Crippen LogP contribution in [0.2, 0.25) is 0 Å². The highest BCUT2D eigenvalue weighted by molar-refractivity contribution is 8.14. The Morgan fingerprint density at radius 3 is 2.95 bits per heavy atom. The second kappa shape index (κ2) is 6.56. The van der Waals surface area contributed by atoms with Crippen molar-refractivity contribution in [2.45, 2.75) is 19.3 Å². The SMILES string of the molecule is CCCSC1=NCC(c2ccc(O)c([N+](=O)[O-])c2)C=C1. The lowest BCUT2D eigenvalue weighted by atomic mass is 9.97. The van der Waals surface area contributed by atoms with E-state index in [0.717, 1.165) is 22.8 Å². The Balaban J connectivity index is 2.12. The summed E-state index contributed by atoms with van der Waals surface area (Å²) in [7, 11) is 0. The maximum absolute atomic E-state index is 10.8. The van der Waals surface area contributed by atoms with E-state index in [1.807, 2.05) is 12.2 Å². The average molecular weight is 292 g/mol. The number of rotatable bonds is 4. The fourth-order valence-electron chi connectivity index (χ4n) is 1.93. The number of hydrogen-bond donors (Lipinski definition) is 1. The van der Waals surface area contributed by atoms with Gasteiger partial charge in [-0.05, 0) is 29.9 Å². The van der Waals surface area contributed by atoms with Crippen molar-refractivity contribution in [1.82, 2.24) is 0 Å². The Morgan fingerprint density at radius 2 is 2.35 bits per heavy atom. The van der Waals surface area contributed by atoms with Crippen molar-refractivity contribution in [3.8, 4) is 5.75 Å². The number of nitro groups is 1. The molecule has 6 heteroatoms. The van der Waals surface area contributed by atoms with E-state index >= 15 is 0 Å². The molecule has 1 aromatic rings. The molecule has 106 valence electrons. The Kier molecular flexibility index (Phi) is 4.79. The van der Waals surface area contributed by atoms with Crippen LogP contribution < -0.4 is 0 Å². The molecule has 0 saturated carbocycles. The van der Waals surface area contributed by atoms with E-state index < -0.39 is 4.92 Å². The first-order chi connectivity index (χ1) is 9.61. The first kappa shape index (κ1) is 14.6. The number of aliphatic imine (C=N–C) groups is 1. The molecule has 1 atom stereocenters. The summed E-state index contributed by atoms with van der Waals surface area (Å²) in [4.78, 5) is 14.7. The van der Waals surface area contributed by atoms with Crippen molar-refractivity contribution in [1.29, 1.82) is 0 Å². The van der Waals surface area contributed by atoms with E-state index in [1.165, 1.54) is 12.1 Å². The van der Waals surface area contributed by atoms with E-state index in [0.29, 0.717) is 6.54 Å². The zero-order valence-corrected chi connectivity index (χ0v) is 12.0. The van der Waals surface area contributed by atoms with E-state index in [-0.39, 0.29) is 17.4 Å². The highest BCUT2D eigenvalue weighted by Crippen LogP contribution is 2.31. The molecule has 0 fully saturated rings. The monoisotopic (exact) mass is 292 g/mol. The van der Waals surface area contributed by atoms with E-state index in [9.17, 15) is 15.2 Å². The topological polar surface area (TPSA) is 75.7 Å². The fraction of sp³-hybridized carbons (Fsp3) is 0.357. The van der Waals surface area contributed by atoms with Crippen LogP contribution in [0.25, 0.3) is 0 Å².